The topological polar surface area (TPSA) is 58.2 Å². The van der Waals surface area contributed by atoms with Gasteiger partial charge in [-0.25, -0.2) is 21.9 Å². The summed E-state index contributed by atoms with van der Waals surface area (Å²) in [5.41, 5.74) is 2.17. The predicted molar refractivity (Wildman–Crippen MR) is 101 cm³/mol. The Hall–Kier alpha value is -1.54. The highest BCUT2D eigenvalue weighted by Gasteiger charge is 2.29. The molecule has 0 spiro atoms. The van der Waals surface area contributed by atoms with Gasteiger partial charge in [0.1, 0.15) is 11.6 Å². The lowest BCUT2D eigenvalue weighted by Gasteiger charge is -2.20. The average Bonchev–Trinajstić information content (AvgIpc) is 2.91. The van der Waals surface area contributed by atoms with Gasteiger partial charge in [-0.1, -0.05) is 24.3 Å². The summed E-state index contributed by atoms with van der Waals surface area (Å²) in [5.74, 6) is -1.23. The molecule has 142 valence electrons. The van der Waals surface area contributed by atoms with E-state index in [1.165, 1.54) is 12.1 Å². The van der Waals surface area contributed by atoms with E-state index in [4.69, 9.17) is 0 Å². The van der Waals surface area contributed by atoms with E-state index in [1.54, 1.807) is 6.07 Å². The van der Waals surface area contributed by atoms with Gasteiger partial charge in [0.05, 0.1) is 6.26 Å². The normalized spacial score (nSPS) is 20.0. The lowest BCUT2D eigenvalue weighted by molar-refractivity contribution is 0.494. The minimum absolute atomic E-state index is 0. The zero-order valence-corrected chi connectivity index (χ0v) is 15.8. The molecular weight excluding hydrogens is 382 g/mol. The van der Waals surface area contributed by atoms with Crippen LogP contribution in [-0.4, -0.2) is 33.3 Å². The first-order valence-electron chi connectivity index (χ1n) is 8.06. The van der Waals surface area contributed by atoms with Gasteiger partial charge < -0.3 is 5.32 Å². The second kappa shape index (κ2) is 8.43. The molecule has 0 unspecified atom stereocenters. The standard InChI is InChI=1S/C18H20F2N2O2S.ClH/c1-25(23,24)22-17-5-6-21-18(17)8-12-3-2-4-13(7-12)14-9-15(19)11-16(20)10-14;/h2-4,7,9-11,17-18,21-22H,5-6,8H2,1H3;1H/t17-,18-;/m0./s1. The predicted octanol–water partition coefficient (Wildman–Crippen LogP) is 2.88. The van der Waals surface area contributed by atoms with Gasteiger partial charge in [0, 0.05) is 18.2 Å². The molecule has 4 nitrogen and oxygen atoms in total. The molecule has 1 aliphatic rings. The zero-order chi connectivity index (χ0) is 18.0. The van der Waals surface area contributed by atoms with Crippen LogP contribution in [-0.2, 0) is 16.4 Å². The number of sulfonamides is 1. The molecule has 0 bridgehead atoms. The molecule has 0 saturated carbocycles. The van der Waals surface area contributed by atoms with E-state index < -0.39 is 21.7 Å². The maximum atomic E-state index is 13.4. The van der Waals surface area contributed by atoms with Crippen molar-refractivity contribution in [2.45, 2.75) is 24.9 Å². The minimum atomic E-state index is -3.27. The maximum absolute atomic E-state index is 13.4. The third kappa shape index (κ3) is 5.48. The lowest BCUT2D eigenvalue weighted by Crippen LogP contribution is -2.44. The van der Waals surface area contributed by atoms with Crippen molar-refractivity contribution in [2.24, 2.45) is 0 Å². The van der Waals surface area contributed by atoms with E-state index in [9.17, 15) is 17.2 Å². The van der Waals surface area contributed by atoms with Crippen LogP contribution >= 0.6 is 12.4 Å². The van der Waals surface area contributed by atoms with Crippen molar-refractivity contribution in [2.75, 3.05) is 12.8 Å². The van der Waals surface area contributed by atoms with Crippen LogP contribution < -0.4 is 10.0 Å². The number of hydrogen-bond donors (Lipinski definition) is 2. The molecule has 1 aliphatic heterocycles. The molecule has 1 saturated heterocycles. The molecule has 2 atom stereocenters. The van der Waals surface area contributed by atoms with Crippen molar-refractivity contribution < 1.29 is 17.2 Å². The molecule has 1 fully saturated rings. The smallest absolute Gasteiger partial charge is 0.209 e. The molecule has 26 heavy (non-hydrogen) atoms. The molecule has 0 amide bonds. The van der Waals surface area contributed by atoms with Crippen molar-refractivity contribution >= 4 is 22.4 Å². The third-order valence-corrected chi connectivity index (χ3v) is 5.02. The van der Waals surface area contributed by atoms with Gasteiger partial charge >= 0.3 is 0 Å². The second-order valence-corrected chi connectivity index (χ2v) is 8.19. The highest BCUT2D eigenvalue weighted by molar-refractivity contribution is 7.88. The van der Waals surface area contributed by atoms with E-state index in [2.05, 4.69) is 10.0 Å². The Morgan fingerprint density at radius 2 is 1.81 bits per heavy atom. The van der Waals surface area contributed by atoms with Crippen molar-refractivity contribution in [1.82, 2.24) is 10.0 Å². The van der Waals surface area contributed by atoms with E-state index >= 15 is 0 Å². The summed E-state index contributed by atoms with van der Waals surface area (Å²) < 4.78 is 52.5. The molecular formula is C18H21ClF2N2O2S. The Labute approximate surface area is 158 Å². The molecule has 2 aromatic carbocycles. The first kappa shape index (κ1) is 20.8. The van der Waals surface area contributed by atoms with Crippen LogP contribution in [0.25, 0.3) is 11.1 Å². The molecule has 0 radical (unpaired) electrons. The Balaban J connectivity index is 0.00000243. The fourth-order valence-electron chi connectivity index (χ4n) is 3.25. The zero-order valence-electron chi connectivity index (χ0n) is 14.2. The van der Waals surface area contributed by atoms with Crippen molar-refractivity contribution in [3.63, 3.8) is 0 Å². The Morgan fingerprint density at radius 3 is 2.46 bits per heavy atom. The second-order valence-electron chi connectivity index (χ2n) is 6.41. The average molecular weight is 403 g/mol. The number of nitrogens with one attached hydrogen (secondary N) is 2. The van der Waals surface area contributed by atoms with Gasteiger partial charge in [0.25, 0.3) is 0 Å². The fourth-order valence-corrected chi connectivity index (χ4v) is 4.08. The van der Waals surface area contributed by atoms with Crippen LogP contribution in [0.1, 0.15) is 12.0 Å². The molecule has 2 aromatic rings. The molecule has 8 heteroatoms. The van der Waals surface area contributed by atoms with E-state index in [0.29, 0.717) is 12.0 Å². The van der Waals surface area contributed by atoms with Crippen molar-refractivity contribution in [1.29, 1.82) is 0 Å². The number of halogens is 3. The molecule has 0 aliphatic carbocycles. The van der Waals surface area contributed by atoms with Crippen molar-refractivity contribution in [3.8, 4) is 11.1 Å². The number of benzene rings is 2. The number of hydrogen-bond acceptors (Lipinski definition) is 3. The molecule has 0 aromatic heterocycles. The van der Waals surface area contributed by atoms with E-state index in [-0.39, 0.29) is 24.5 Å². The molecule has 3 rings (SSSR count). The van der Waals surface area contributed by atoms with E-state index in [1.807, 2.05) is 18.2 Å². The summed E-state index contributed by atoms with van der Waals surface area (Å²) in [5, 5.41) is 3.31. The summed E-state index contributed by atoms with van der Waals surface area (Å²) in [4.78, 5) is 0. The summed E-state index contributed by atoms with van der Waals surface area (Å²) in [6.07, 6.45) is 2.51. The SMILES string of the molecule is CS(=O)(=O)N[C@H]1CCN[C@H]1Cc1cccc(-c2cc(F)cc(F)c2)c1.Cl. The number of rotatable bonds is 5. The van der Waals surface area contributed by atoms with Crippen molar-refractivity contribution in [3.05, 3.63) is 59.7 Å². The highest BCUT2D eigenvalue weighted by Crippen LogP contribution is 2.24. The maximum Gasteiger partial charge on any atom is 0.209 e. The van der Waals surface area contributed by atoms with Crippen LogP contribution in [0, 0.1) is 11.6 Å². The Morgan fingerprint density at radius 1 is 1.12 bits per heavy atom. The van der Waals surface area contributed by atoms with Crippen LogP contribution in [0.4, 0.5) is 8.78 Å². The van der Waals surface area contributed by atoms with Crippen LogP contribution in [0.5, 0.6) is 0 Å². The van der Waals surface area contributed by atoms with Gasteiger partial charge in [-0.3, -0.25) is 0 Å². The van der Waals surface area contributed by atoms with Gasteiger partial charge in [-0.2, -0.15) is 0 Å². The fraction of sp³-hybridized carbons (Fsp3) is 0.333. The van der Waals surface area contributed by atoms with Gasteiger partial charge in [-0.15, -0.1) is 12.4 Å². The lowest BCUT2D eigenvalue weighted by atomic mass is 9.97. The van der Waals surface area contributed by atoms with Gasteiger partial charge in [0.15, 0.2) is 0 Å². The summed E-state index contributed by atoms with van der Waals surface area (Å²) in [7, 11) is -3.27. The first-order valence-corrected chi connectivity index (χ1v) is 9.95. The summed E-state index contributed by atoms with van der Waals surface area (Å²) in [6, 6.07) is 10.7. The quantitative estimate of drug-likeness (QED) is 0.808. The third-order valence-electron chi connectivity index (χ3n) is 4.29. The van der Waals surface area contributed by atoms with Crippen LogP contribution in [0.15, 0.2) is 42.5 Å². The van der Waals surface area contributed by atoms with Crippen LogP contribution in [0.3, 0.4) is 0 Å². The molecule has 2 N–H and O–H groups in total. The largest absolute Gasteiger partial charge is 0.312 e. The Bertz CT molecular complexity index is 857. The first-order chi connectivity index (χ1) is 11.8. The van der Waals surface area contributed by atoms with Gasteiger partial charge in [-0.05, 0) is 48.2 Å². The summed E-state index contributed by atoms with van der Waals surface area (Å²) in [6.45, 7) is 0.743. The summed E-state index contributed by atoms with van der Waals surface area (Å²) >= 11 is 0. The minimum Gasteiger partial charge on any atom is -0.312 e. The van der Waals surface area contributed by atoms with Crippen LogP contribution in [0.2, 0.25) is 0 Å². The van der Waals surface area contributed by atoms with E-state index in [0.717, 1.165) is 36.4 Å². The van der Waals surface area contributed by atoms with Gasteiger partial charge in [0.2, 0.25) is 10.0 Å². The highest BCUT2D eigenvalue weighted by atomic mass is 35.5. The monoisotopic (exact) mass is 402 g/mol. The Kier molecular flexibility index (Phi) is 6.74. The molecule has 1 heterocycles.